The average Bonchev–Trinajstić information content (AvgIpc) is 2.03. The number of hydrazone groups is 1. The van der Waals surface area contributed by atoms with Gasteiger partial charge in [-0.2, -0.15) is 5.10 Å². The number of hydrogen-bond acceptors (Lipinski definition) is 4. The van der Waals surface area contributed by atoms with Crippen LogP contribution in [0.1, 0.15) is 19.8 Å². The van der Waals surface area contributed by atoms with E-state index in [0.717, 1.165) is 0 Å². The number of hydrazine groups is 1. The lowest BCUT2D eigenvalue weighted by molar-refractivity contribution is -0.137. The molecule has 6 nitrogen and oxygen atoms in total. The summed E-state index contributed by atoms with van der Waals surface area (Å²) in [7, 11) is 0. The summed E-state index contributed by atoms with van der Waals surface area (Å²) in [6, 6.07) is 0. The highest BCUT2D eigenvalue weighted by Gasteiger charge is 2.10. The van der Waals surface area contributed by atoms with Crippen molar-refractivity contribution in [3.8, 4) is 0 Å². The summed E-state index contributed by atoms with van der Waals surface area (Å²) in [5.41, 5.74) is 2.31. The zero-order valence-corrected chi connectivity index (χ0v) is 6.95. The number of carboxylic acid groups (broad SMARTS) is 1. The lowest BCUT2D eigenvalue weighted by atomic mass is 10.1. The van der Waals surface area contributed by atoms with Gasteiger partial charge in [0.05, 0.1) is 0 Å². The Morgan fingerprint density at radius 2 is 2.33 bits per heavy atom. The van der Waals surface area contributed by atoms with Crippen molar-refractivity contribution in [2.24, 2.45) is 22.7 Å². The van der Waals surface area contributed by atoms with Gasteiger partial charge in [0.25, 0.3) is 0 Å². The Hall–Kier alpha value is -1.30. The summed E-state index contributed by atoms with van der Waals surface area (Å²) >= 11 is 0. The predicted molar refractivity (Wildman–Crippen MR) is 45.0 cm³/mol. The van der Waals surface area contributed by atoms with Crippen molar-refractivity contribution in [2.45, 2.75) is 19.8 Å². The lowest BCUT2D eigenvalue weighted by Crippen LogP contribution is -2.36. The second-order valence-electron chi connectivity index (χ2n) is 2.49. The summed E-state index contributed by atoms with van der Waals surface area (Å²) in [5, 5.41) is 11.7. The van der Waals surface area contributed by atoms with E-state index in [1.54, 1.807) is 6.92 Å². The molecule has 1 atom stereocenters. The molecule has 6 N–H and O–H groups in total. The number of carboxylic acids is 1. The summed E-state index contributed by atoms with van der Waals surface area (Å²) in [4.78, 5) is 10.2. The van der Waals surface area contributed by atoms with Crippen molar-refractivity contribution in [1.82, 2.24) is 5.43 Å². The van der Waals surface area contributed by atoms with E-state index in [4.69, 9.17) is 16.8 Å². The standard InChI is InChI=1S/C6H14N4O2/c1-4(2-3-5(11)12)6(9-7)10-8/h4H,2-3,7-8H2,1H3,(H,9,10)(H,11,12). The molecule has 0 rings (SSSR count). The molecule has 0 fully saturated rings. The summed E-state index contributed by atoms with van der Waals surface area (Å²) < 4.78 is 0. The van der Waals surface area contributed by atoms with Gasteiger partial charge >= 0.3 is 5.97 Å². The molecule has 0 aliphatic rings. The van der Waals surface area contributed by atoms with Crippen LogP contribution in [0.2, 0.25) is 0 Å². The zero-order chi connectivity index (χ0) is 9.56. The van der Waals surface area contributed by atoms with Crippen LogP contribution in [0.25, 0.3) is 0 Å². The number of nitrogens with two attached hydrogens (primary N) is 2. The van der Waals surface area contributed by atoms with Gasteiger partial charge in [0, 0.05) is 12.3 Å². The number of nitrogens with zero attached hydrogens (tertiary/aromatic N) is 1. The van der Waals surface area contributed by atoms with Gasteiger partial charge in [-0.1, -0.05) is 6.92 Å². The monoisotopic (exact) mass is 174 g/mol. The minimum absolute atomic E-state index is 0.0592. The first kappa shape index (κ1) is 10.7. The van der Waals surface area contributed by atoms with Crippen molar-refractivity contribution < 1.29 is 9.90 Å². The van der Waals surface area contributed by atoms with E-state index in [2.05, 4.69) is 10.5 Å². The molecule has 0 saturated carbocycles. The Kier molecular flexibility index (Phi) is 4.78. The number of nitrogens with one attached hydrogen (secondary N) is 1. The number of aliphatic carboxylic acids is 1. The van der Waals surface area contributed by atoms with Gasteiger partial charge in [-0.25, -0.2) is 5.84 Å². The van der Waals surface area contributed by atoms with Crippen molar-refractivity contribution in [1.29, 1.82) is 0 Å². The molecule has 0 spiro atoms. The number of amidine groups is 1. The Morgan fingerprint density at radius 3 is 2.67 bits per heavy atom. The van der Waals surface area contributed by atoms with Crippen molar-refractivity contribution in [2.75, 3.05) is 0 Å². The molecular formula is C6H14N4O2. The van der Waals surface area contributed by atoms with Crippen molar-refractivity contribution in [3.05, 3.63) is 0 Å². The lowest BCUT2D eigenvalue weighted by Gasteiger charge is -2.10. The van der Waals surface area contributed by atoms with Crippen LogP contribution in [0.15, 0.2) is 5.10 Å². The maximum absolute atomic E-state index is 10.2. The first-order valence-electron chi connectivity index (χ1n) is 3.58. The SMILES string of the molecule is CC(CCC(=O)O)/C(=N/N)NN. The molecule has 0 aliphatic carbocycles. The highest BCUT2D eigenvalue weighted by atomic mass is 16.4. The maximum Gasteiger partial charge on any atom is 0.303 e. The van der Waals surface area contributed by atoms with E-state index < -0.39 is 5.97 Å². The normalized spacial score (nSPS) is 14.0. The second kappa shape index (κ2) is 5.36. The topological polar surface area (TPSA) is 114 Å². The number of carbonyl (C=O) groups is 1. The maximum atomic E-state index is 10.2. The van der Waals surface area contributed by atoms with Crippen LogP contribution >= 0.6 is 0 Å². The summed E-state index contributed by atoms with van der Waals surface area (Å²) in [5.74, 6) is 9.59. The minimum Gasteiger partial charge on any atom is -0.481 e. The van der Waals surface area contributed by atoms with Crippen LogP contribution in [-0.2, 0) is 4.79 Å². The molecule has 0 aromatic heterocycles. The Balaban J connectivity index is 3.85. The Bertz CT molecular complexity index is 180. The van der Waals surface area contributed by atoms with E-state index in [9.17, 15) is 4.79 Å². The Labute approximate surface area is 70.6 Å². The molecule has 12 heavy (non-hydrogen) atoms. The van der Waals surface area contributed by atoms with Gasteiger partial charge in [0.1, 0.15) is 5.84 Å². The van der Waals surface area contributed by atoms with Crippen molar-refractivity contribution >= 4 is 11.8 Å². The fourth-order valence-corrected chi connectivity index (χ4v) is 0.783. The third kappa shape index (κ3) is 3.77. The quantitative estimate of drug-likeness (QED) is 0.193. The second-order valence-corrected chi connectivity index (χ2v) is 2.49. The molecule has 0 aromatic rings. The zero-order valence-electron chi connectivity index (χ0n) is 6.95. The highest BCUT2D eigenvalue weighted by Crippen LogP contribution is 2.05. The van der Waals surface area contributed by atoms with E-state index >= 15 is 0 Å². The molecule has 6 heteroatoms. The van der Waals surface area contributed by atoms with E-state index in [-0.39, 0.29) is 12.3 Å². The Morgan fingerprint density at radius 1 is 1.75 bits per heavy atom. The molecule has 0 aromatic carbocycles. The molecule has 0 amide bonds. The fraction of sp³-hybridized carbons (Fsp3) is 0.667. The number of hydrogen-bond donors (Lipinski definition) is 4. The van der Waals surface area contributed by atoms with Gasteiger partial charge < -0.3 is 16.4 Å². The summed E-state index contributed by atoms with van der Waals surface area (Å²) in [6.07, 6.45) is 0.553. The summed E-state index contributed by atoms with van der Waals surface area (Å²) in [6.45, 7) is 1.80. The molecule has 0 heterocycles. The first-order chi connectivity index (χ1) is 5.61. The van der Waals surface area contributed by atoms with Crippen LogP contribution in [0, 0.1) is 5.92 Å². The van der Waals surface area contributed by atoms with Crippen LogP contribution < -0.4 is 17.1 Å². The van der Waals surface area contributed by atoms with Crippen LogP contribution in [0.5, 0.6) is 0 Å². The fourth-order valence-electron chi connectivity index (χ4n) is 0.783. The van der Waals surface area contributed by atoms with E-state index in [1.165, 1.54) is 0 Å². The van der Waals surface area contributed by atoms with Crippen LogP contribution in [-0.4, -0.2) is 16.9 Å². The van der Waals surface area contributed by atoms with Crippen LogP contribution in [0.3, 0.4) is 0 Å². The largest absolute Gasteiger partial charge is 0.481 e. The van der Waals surface area contributed by atoms with E-state index in [0.29, 0.717) is 12.3 Å². The average molecular weight is 174 g/mol. The van der Waals surface area contributed by atoms with Gasteiger partial charge in [0.2, 0.25) is 0 Å². The van der Waals surface area contributed by atoms with Gasteiger partial charge in [0.15, 0.2) is 0 Å². The molecule has 0 radical (unpaired) electrons. The predicted octanol–water partition coefficient (Wildman–Crippen LogP) is -0.777. The van der Waals surface area contributed by atoms with E-state index in [1.807, 2.05) is 0 Å². The third-order valence-electron chi connectivity index (χ3n) is 1.54. The van der Waals surface area contributed by atoms with Gasteiger partial charge in [-0.3, -0.25) is 4.79 Å². The molecule has 0 saturated heterocycles. The molecular weight excluding hydrogens is 160 g/mol. The minimum atomic E-state index is -0.838. The van der Waals surface area contributed by atoms with Crippen LogP contribution in [0.4, 0.5) is 0 Å². The van der Waals surface area contributed by atoms with Gasteiger partial charge in [-0.05, 0) is 6.42 Å². The smallest absolute Gasteiger partial charge is 0.303 e. The first-order valence-corrected chi connectivity index (χ1v) is 3.58. The highest BCUT2D eigenvalue weighted by molar-refractivity contribution is 5.83. The molecule has 0 bridgehead atoms. The molecule has 70 valence electrons. The third-order valence-corrected chi connectivity index (χ3v) is 1.54. The number of rotatable bonds is 4. The van der Waals surface area contributed by atoms with Crippen molar-refractivity contribution in [3.63, 3.8) is 0 Å². The van der Waals surface area contributed by atoms with Gasteiger partial charge in [-0.15, -0.1) is 0 Å². The molecule has 1 unspecified atom stereocenters. The molecule has 0 aliphatic heterocycles.